The van der Waals surface area contributed by atoms with Crippen LogP contribution >= 0.6 is 11.8 Å². The van der Waals surface area contributed by atoms with E-state index in [4.69, 9.17) is 5.73 Å². The molecule has 1 fully saturated rings. The first-order chi connectivity index (χ1) is 7.24. The van der Waals surface area contributed by atoms with Crippen molar-refractivity contribution in [1.82, 2.24) is 5.32 Å². The van der Waals surface area contributed by atoms with Gasteiger partial charge in [-0.05, 0) is 31.3 Å². The lowest BCUT2D eigenvalue weighted by Crippen LogP contribution is -2.46. The van der Waals surface area contributed by atoms with Gasteiger partial charge in [0.15, 0.2) is 0 Å². The molecule has 1 atom stereocenters. The topological polar surface area (TPSA) is 55.1 Å². The Bertz CT molecular complexity index is 193. The SMILES string of the molecule is CSCC[C@@H](N)C(=O)NC1CCCCC1. The lowest BCUT2D eigenvalue weighted by Gasteiger charge is -2.24. The molecule has 1 amide bonds. The molecule has 1 rings (SSSR count). The zero-order valence-corrected chi connectivity index (χ0v) is 10.3. The fourth-order valence-electron chi connectivity index (χ4n) is 1.93. The van der Waals surface area contributed by atoms with E-state index in [-0.39, 0.29) is 11.9 Å². The van der Waals surface area contributed by atoms with Crippen LogP contribution in [0.1, 0.15) is 38.5 Å². The Labute approximate surface area is 96.6 Å². The van der Waals surface area contributed by atoms with Crippen molar-refractivity contribution >= 4 is 17.7 Å². The molecule has 0 unspecified atom stereocenters. The average Bonchev–Trinajstić information content (AvgIpc) is 2.27. The van der Waals surface area contributed by atoms with Crippen LogP contribution < -0.4 is 11.1 Å². The van der Waals surface area contributed by atoms with Gasteiger partial charge >= 0.3 is 0 Å². The number of nitrogens with two attached hydrogens (primary N) is 1. The van der Waals surface area contributed by atoms with Crippen LogP contribution in [-0.4, -0.2) is 30.0 Å². The van der Waals surface area contributed by atoms with Gasteiger partial charge in [0.25, 0.3) is 0 Å². The van der Waals surface area contributed by atoms with Gasteiger partial charge in [-0.3, -0.25) is 4.79 Å². The number of thioether (sulfide) groups is 1. The summed E-state index contributed by atoms with van der Waals surface area (Å²) in [6, 6.07) is 0.0611. The lowest BCUT2D eigenvalue weighted by molar-refractivity contribution is -0.123. The number of carbonyl (C=O) groups excluding carboxylic acids is 1. The van der Waals surface area contributed by atoms with E-state index in [1.165, 1.54) is 19.3 Å². The molecule has 3 N–H and O–H groups in total. The standard InChI is InChI=1S/C11H22N2OS/c1-15-8-7-10(12)11(14)13-9-5-3-2-4-6-9/h9-10H,2-8,12H2,1H3,(H,13,14)/t10-/m1/s1. The third-order valence-corrected chi connectivity index (χ3v) is 3.57. The largest absolute Gasteiger partial charge is 0.352 e. The quantitative estimate of drug-likeness (QED) is 0.753. The van der Waals surface area contributed by atoms with Crippen molar-refractivity contribution in [2.24, 2.45) is 5.73 Å². The van der Waals surface area contributed by atoms with Crippen LogP contribution in [-0.2, 0) is 4.79 Å². The van der Waals surface area contributed by atoms with Crippen molar-refractivity contribution in [3.05, 3.63) is 0 Å². The predicted molar refractivity (Wildman–Crippen MR) is 66.0 cm³/mol. The fraction of sp³-hybridized carbons (Fsp3) is 0.909. The van der Waals surface area contributed by atoms with Crippen LogP contribution in [0.25, 0.3) is 0 Å². The molecule has 3 nitrogen and oxygen atoms in total. The summed E-state index contributed by atoms with van der Waals surface area (Å²) in [4.78, 5) is 11.7. The van der Waals surface area contributed by atoms with E-state index in [0.717, 1.165) is 25.0 Å². The van der Waals surface area contributed by atoms with Gasteiger partial charge < -0.3 is 11.1 Å². The maximum Gasteiger partial charge on any atom is 0.237 e. The third-order valence-electron chi connectivity index (χ3n) is 2.92. The summed E-state index contributed by atoms with van der Waals surface area (Å²) in [6.45, 7) is 0. The number of hydrogen-bond donors (Lipinski definition) is 2. The van der Waals surface area contributed by atoms with Crippen LogP contribution in [0.15, 0.2) is 0 Å². The minimum Gasteiger partial charge on any atom is -0.352 e. The minimum absolute atomic E-state index is 0.0379. The molecule has 0 aliphatic heterocycles. The van der Waals surface area contributed by atoms with E-state index in [9.17, 15) is 4.79 Å². The smallest absolute Gasteiger partial charge is 0.237 e. The van der Waals surface area contributed by atoms with E-state index in [1.54, 1.807) is 11.8 Å². The molecule has 0 heterocycles. The van der Waals surface area contributed by atoms with Crippen LogP contribution in [0.3, 0.4) is 0 Å². The highest BCUT2D eigenvalue weighted by molar-refractivity contribution is 7.98. The Balaban J connectivity index is 2.20. The second-order valence-electron chi connectivity index (χ2n) is 4.23. The Kier molecular flexibility index (Phi) is 6.10. The monoisotopic (exact) mass is 230 g/mol. The summed E-state index contributed by atoms with van der Waals surface area (Å²) in [5.74, 6) is 0.996. The molecular weight excluding hydrogens is 208 g/mol. The Morgan fingerprint density at radius 1 is 1.47 bits per heavy atom. The van der Waals surface area contributed by atoms with E-state index in [1.807, 2.05) is 6.26 Å². The van der Waals surface area contributed by atoms with Gasteiger partial charge in [0.2, 0.25) is 5.91 Å². The molecular formula is C11H22N2OS. The second kappa shape index (κ2) is 7.12. The van der Waals surface area contributed by atoms with Crippen molar-refractivity contribution in [3.8, 4) is 0 Å². The number of amides is 1. The summed E-state index contributed by atoms with van der Waals surface area (Å²) in [5, 5.41) is 3.05. The second-order valence-corrected chi connectivity index (χ2v) is 5.22. The van der Waals surface area contributed by atoms with Gasteiger partial charge in [0, 0.05) is 6.04 Å². The molecule has 1 aliphatic rings. The molecule has 0 radical (unpaired) electrons. The van der Waals surface area contributed by atoms with Crippen LogP contribution in [0.4, 0.5) is 0 Å². The molecule has 0 aromatic rings. The number of nitrogens with one attached hydrogen (secondary N) is 1. The summed E-state index contributed by atoms with van der Waals surface area (Å²) in [5.41, 5.74) is 5.80. The highest BCUT2D eigenvalue weighted by Crippen LogP contribution is 2.17. The minimum atomic E-state index is -0.320. The normalized spacial score (nSPS) is 19.9. The highest BCUT2D eigenvalue weighted by Gasteiger charge is 2.19. The average molecular weight is 230 g/mol. The lowest BCUT2D eigenvalue weighted by atomic mass is 9.95. The van der Waals surface area contributed by atoms with Gasteiger partial charge in [-0.15, -0.1) is 0 Å². The molecule has 0 spiro atoms. The molecule has 1 saturated carbocycles. The van der Waals surface area contributed by atoms with E-state index in [0.29, 0.717) is 6.04 Å². The summed E-state index contributed by atoms with van der Waals surface area (Å²) < 4.78 is 0. The fourth-order valence-corrected chi connectivity index (χ4v) is 2.42. The zero-order chi connectivity index (χ0) is 11.1. The molecule has 4 heteroatoms. The van der Waals surface area contributed by atoms with Crippen LogP contribution in [0, 0.1) is 0 Å². The van der Waals surface area contributed by atoms with Crippen molar-refractivity contribution in [3.63, 3.8) is 0 Å². The number of carbonyl (C=O) groups is 1. The van der Waals surface area contributed by atoms with Crippen molar-refractivity contribution in [2.75, 3.05) is 12.0 Å². The first-order valence-corrected chi connectivity index (χ1v) is 7.18. The van der Waals surface area contributed by atoms with E-state index < -0.39 is 0 Å². The molecule has 88 valence electrons. The van der Waals surface area contributed by atoms with Gasteiger partial charge in [-0.25, -0.2) is 0 Å². The Hall–Kier alpha value is -0.220. The van der Waals surface area contributed by atoms with Gasteiger partial charge in [-0.1, -0.05) is 19.3 Å². The summed E-state index contributed by atoms with van der Waals surface area (Å²) >= 11 is 1.73. The van der Waals surface area contributed by atoms with E-state index in [2.05, 4.69) is 5.32 Å². The maximum absolute atomic E-state index is 11.7. The Morgan fingerprint density at radius 2 is 2.13 bits per heavy atom. The highest BCUT2D eigenvalue weighted by atomic mass is 32.2. The van der Waals surface area contributed by atoms with Gasteiger partial charge in [0.05, 0.1) is 6.04 Å². The zero-order valence-electron chi connectivity index (χ0n) is 9.50. The first kappa shape index (κ1) is 12.8. The van der Waals surface area contributed by atoms with Gasteiger partial charge in [0.1, 0.15) is 0 Å². The van der Waals surface area contributed by atoms with Crippen LogP contribution in [0.2, 0.25) is 0 Å². The Morgan fingerprint density at radius 3 is 2.73 bits per heavy atom. The van der Waals surface area contributed by atoms with Gasteiger partial charge in [-0.2, -0.15) is 11.8 Å². The molecule has 0 aromatic carbocycles. The third kappa shape index (κ3) is 4.89. The molecule has 1 aliphatic carbocycles. The molecule has 15 heavy (non-hydrogen) atoms. The summed E-state index contributed by atoms with van der Waals surface area (Å²) in [6.07, 6.45) is 8.86. The van der Waals surface area contributed by atoms with Crippen molar-refractivity contribution in [1.29, 1.82) is 0 Å². The molecule has 0 saturated heterocycles. The number of hydrogen-bond acceptors (Lipinski definition) is 3. The van der Waals surface area contributed by atoms with E-state index >= 15 is 0 Å². The van der Waals surface area contributed by atoms with Crippen molar-refractivity contribution < 1.29 is 4.79 Å². The first-order valence-electron chi connectivity index (χ1n) is 5.79. The number of rotatable bonds is 5. The van der Waals surface area contributed by atoms with Crippen LogP contribution in [0.5, 0.6) is 0 Å². The predicted octanol–water partition coefficient (Wildman–Crippen LogP) is 1.52. The summed E-state index contributed by atoms with van der Waals surface area (Å²) in [7, 11) is 0. The maximum atomic E-state index is 11.7. The van der Waals surface area contributed by atoms with Crippen molar-refractivity contribution in [2.45, 2.75) is 50.6 Å². The molecule has 0 aromatic heterocycles. The molecule has 0 bridgehead atoms.